The Morgan fingerprint density at radius 3 is 2.74 bits per heavy atom. The molecule has 2 aromatic rings. The van der Waals surface area contributed by atoms with Crippen LogP contribution in [0, 0.1) is 5.92 Å². The van der Waals surface area contributed by atoms with Crippen molar-refractivity contribution in [2.75, 3.05) is 33.9 Å². The van der Waals surface area contributed by atoms with Crippen LogP contribution >= 0.6 is 0 Å². The molecule has 148 valence electrons. The summed E-state index contributed by atoms with van der Waals surface area (Å²) < 4.78 is 10.8. The van der Waals surface area contributed by atoms with Crippen LogP contribution in [0.3, 0.4) is 0 Å². The molecule has 1 fully saturated rings. The number of aromatic amines is 1. The summed E-state index contributed by atoms with van der Waals surface area (Å²) in [6.45, 7) is 2.89. The summed E-state index contributed by atoms with van der Waals surface area (Å²) in [4.78, 5) is 15.4. The number of ether oxygens (including phenoxy) is 2. The normalized spacial score (nSPS) is 15.0. The molecule has 2 heterocycles. The van der Waals surface area contributed by atoms with Crippen LogP contribution < -0.4 is 20.1 Å². The summed E-state index contributed by atoms with van der Waals surface area (Å²) in [7, 11) is 3.32. The lowest BCUT2D eigenvalue weighted by molar-refractivity contribution is -0.121. The van der Waals surface area contributed by atoms with Crippen LogP contribution in [0.25, 0.3) is 10.9 Å². The van der Waals surface area contributed by atoms with E-state index in [-0.39, 0.29) is 5.91 Å². The van der Waals surface area contributed by atoms with Crippen molar-refractivity contribution in [1.82, 2.24) is 15.6 Å². The van der Waals surface area contributed by atoms with Crippen molar-refractivity contribution in [1.29, 1.82) is 0 Å². The summed E-state index contributed by atoms with van der Waals surface area (Å²) in [5, 5.41) is 7.47. The molecule has 1 amide bonds. The van der Waals surface area contributed by atoms with E-state index in [9.17, 15) is 4.79 Å². The zero-order chi connectivity index (χ0) is 19.1. The third-order valence-electron chi connectivity index (χ3n) is 5.37. The van der Waals surface area contributed by atoms with Crippen molar-refractivity contribution < 1.29 is 14.3 Å². The van der Waals surface area contributed by atoms with Crippen molar-refractivity contribution in [3.8, 4) is 11.5 Å². The minimum absolute atomic E-state index is 0.177. The van der Waals surface area contributed by atoms with Crippen molar-refractivity contribution in [3.05, 3.63) is 23.9 Å². The van der Waals surface area contributed by atoms with Gasteiger partial charge in [-0.05, 0) is 57.2 Å². The van der Waals surface area contributed by atoms with Crippen molar-refractivity contribution >= 4 is 16.8 Å². The Morgan fingerprint density at radius 1 is 1.19 bits per heavy atom. The van der Waals surface area contributed by atoms with E-state index >= 15 is 0 Å². The first-order valence-electron chi connectivity index (χ1n) is 9.90. The summed E-state index contributed by atoms with van der Waals surface area (Å²) >= 11 is 0. The topological polar surface area (TPSA) is 75.4 Å². The highest BCUT2D eigenvalue weighted by atomic mass is 16.5. The Kier molecular flexibility index (Phi) is 6.98. The number of nitrogens with one attached hydrogen (secondary N) is 3. The molecule has 1 aliphatic heterocycles. The van der Waals surface area contributed by atoms with Crippen LogP contribution in [0.15, 0.2) is 18.2 Å². The van der Waals surface area contributed by atoms with E-state index in [0.717, 1.165) is 60.4 Å². The molecule has 3 N–H and O–H groups in total. The van der Waals surface area contributed by atoms with Gasteiger partial charge >= 0.3 is 0 Å². The maximum Gasteiger partial charge on any atom is 0.220 e. The molecule has 0 spiro atoms. The van der Waals surface area contributed by atoms with Crippen LogP contribution in [-0.4, -0.2) is 44.7 Å². The Bertz CT molecular complexity index is 750. The molecule has 0 aliphatic carbocycles. The number of carbonyl (C=O) groups is 1. The second kappa shape index (κ2) is 9.65. The molecule has 6 heteroatoms. The van der Waals surface area contributed by atoms with Crippen LogP contribution in [0.5, 0.6) is 11.5 Å². The molecule has 3 rings (SSSR count). The molecule has 0 atom stereocenters. The van der Waals surface area contributed by atoms with Gasteiger partial charge in [-0.1, -0.05) is 0 Å². The molecular formula is C21H31N3O3. The fourth-order valence-corrected chi connectivity index (χ4v) is 3.76. The highest BCUT2D eigenvalue weighted by Gasteiger charge is 2.14. The molecule has 1 aromatic carbocycles. The van der Waals surface area contributed by atoms with E-state index in [2.05, 4.69) is 21.7 Å². The second-order valence-electron chi connectivity index (χ2n) is 7.27. The third kappa shape index (κ3) is 5.39. The lowest BCUT2D eigenvalue weighted by atomic mass is 9.93. The number of benzene rings is 1. The van der Waals surface area contributed by atoms with Gasteiger partial charge in [-0.3, -0.25) is 4.79 Å². The van der Waals surface area contributed by atoms with E-state index < -0.39 is 0 Å². The van der Waals surface area contributed by atoms with Crippen molar-refractivity contribution in [2.24, 2.45) is 5.92 Å². The Hall–Kier alpha value is -2.21. The zero-order valence-electron chi connectivity index (χ0n) is 16.4. The monoisotopic (exact) mass is 373 g/mol. The summed E-state index contributed by atoms with van der Waals surface area (Å²) in [5.41, 5.74) is 2.15. The van der Waals surface area contributed by atoms with Crippen LogP contribution in [-0.2, 0) is 11.2 Å². The van der Waals surface area contributed by atoms with E-state index in [4.69, 9.17) is 9.47 Å². The van der Waals surface area contributed by atoms with Gasteiger partial charge in [-0.15, -0.1) is 0 Å². The van der Waals surface area contributed by atoms with Crippen LogP contribution in [0.4, 0.5) is 0 Å². The van der Waals surface area contributed by atoms with Gasteiger partial charge in [0.1, 0.15) is 11.5 Å². The summed E-state index contributed by atoms with van der Waals surface area (Å²) in [6.07, 6.45) is 5.84. The maximum absolute atomic E-state index is 12.0. The summed E-state index contributed by atoms with van der Waals surface area (Å²) in [5.74, 6) is 2.46. The molecule has 6 nitrogen and oxygen atoms in total. The van der Waals surface area contributed by atoms with E-state index in [1.54, 1.807) is 14.2 Å². The average molecular weight is 373 g/mol. The van der Waals surface area contributed by atoms with Gasteiger partial charge in [-0.2, -0.15) is 0 Å². The number of rotatable bonds is 9. The predicted molar refractivity (Wildman–Crippen MR) is 108 cm³/mol. The highest BCUT2D eigenvalue weighted by Crippen LogP contribution is 2.31. The molecule has 27 heavy (non-hydrogen) atoms. The number of hydrogen-bond donors (Lipinski definition) is 3. The van der Waals surface area contributed by atoms with Gasteiger partial charge in [0.25, 0.3) is 0 Å². The molecule has 0 saturated carbocycles. The number of carbonyl (C=O) groups excluding carboxylic acids is 1. The van der Waals surface area contributed by atoms with Gasteiger partial charge in [0, 0.05) is 36.2 Å². The van der Waals surface area contributed by atoms with Gasteiger partial charge in [0.2, 0.25) is 5.91 Å². The molecule has 0 bridgehead atoms. The van der Waals surface area contributed by atoms with Gasteiger partial charge < -0.3 is 25.1 Å². The van der Waals surface area contributed by atoms with E-state index in [0.29, 0.717) is 18.9 Å². The number of aromatic nitrogens is 1. The van der Waals surface area contributed by atoms with Crippen LogP contribution in [0.2, 0.25) is 0 Å². The Balaban J connectivity index is 1.42. The largest absolute Gasteiger partial charge is 0.497 e. The van der Waals surface area contributed by atoms with Crippen molar-refractivity contribution in [3.63, 3.8) is 0 Å². The maximum atomic E-state index is 12.0. The standard InChI is InChI=1S/C21H31N3O3/c1-26-17-13-19-18(20(14-17)27-2)12-16(24-19)4-3-9-23-21(25)6-5-15-7-10-22-11-8-15/h12-15,22,24H,3-11H2,1-2H3,(H,23,25). The first-order valence-corrected chi connectivity index (χ1v) is 9.90. The molecule has 1 aromatic heterocycles. The fraction of sp³-hybridized carbons (Fsp3) is 0.571. The molecule has 0 unspecified atom stereocenters. The fourth-order valence-electron chi connectivity index (χ4n) is 3.76. The predicted octanol–water partition coefficient (Wildman–Crippen LogP) is 3.01. The molecule has 1 saturated heterocycles. The van der Waals surface area contributed by atoms with Crippen molar-refractivity contribution in [2.45, 2.75) is 38.5 Å². The number of H-pyrrole nitrogens is 1. The third-order valence-corrected chi connectivity index (χ3v) is 5.37. The number of aryl methyl sites for hydroxylation is 1. The number of methoxy groups -OCH3 is 2. The van der Waals surface area contributed by atoms with Gasteiger partial charge in [-0.25, -0.2) is 0 Å². The van der Waals surface area contributed by atoms with Gasteiger partial charge in [0.15, 0.2) is 0 Å². The minimum Gasteiger partial charge on any atom is -0.497 e. The zero-order valence-corrected chi connectivity index (χ0v) is 16.4. The number of piperidine rings is 1. The molecular weight excluding hydrogens is 342 g/mol. The Labute approximate surface area is 161 Å². The first kappa shape index (κ1) is 19.5. The highest BCUT2D eigenvalue weighted by molar-refractivity contribution is 5.88. The van der Waals surface area contributed by atoms with Gasteiger partial charge in [0.05, 0.1) is 19.7 Å². The van der Waals surface area contributed by atoms with E-state index in [1.165, 1.54) is 12.8 Å². The number of amides is 1. The number of fused-ring (bicyclic) bond motifs is 1. The first-order chi connectivity index (χ1) is 13.2. The summed E-state index contributed by atoms with van der Waals surface area (Å²) in [6, 6.07) is 5.99. The number of hydrogen-bond acceptors (Lipinski definition) is 4. The Morgan fingerprint density at radius 2 is 2.00 bits per heavy atom. The minimum atomic E-state index is 0.177. The van der Waals surface area contributed by atoms with E-state index in [1.807, 2.05) is 12.1 Å². The lowest BCUT2D eigenvalue weighted by Gasteiger charge is -2.22. The smallest absolute Gasteiger partial charge is 0.220 e. The molecule has 0 radical (unpaired) electrons. The lowest BCUT2D eigenvalue weighted by Crippen LogP contribution is -2.29. The average Bonchev–Trinajstić information content (AvgIpc) is 3.12. The quantitative estimate of drug-likeness (QED) is 0.591. The SMILES string of the molecule is COc1cc(OC)c2cc(CCCNC(=O)CCC3CCNCC3)[nH]c2c1. The second-order valence-corrected chi connectivity index (χ2v) is 7.27. The molecule has 1 aliphatic rings. The van der Waals surface area contributed by atoms with Crippen LogP contribution in [0.1, 0.15) is 37.8 Å².